The van der Waals surface area contributed by atoms with Crippen LogP contribution in [0.3, 0.4) is 0 Å². The molecule has 1 aliphatic heterocycles. The van der Waals surface area contributed by atoms with Crippen molar-refractivity contribution < 1.29 is 5.11 Å². The molecule has 5 nitrogen and oxygen atoms in total. The van der Waals surface area contributed by atoms with E-state index in [2.05, 4.69) is 38.2 Å². The highest BCUT2D eigenvalue weighted by atomic mass is 79.9. The van der Waals surface area contributed by atoms with Crippen molar-refractivity contribution in [3.8, 4) is 0 Å². The molecule has 1 aromatic heterocycles. The topological polar surface area (TPSA) is 54.2 Å². The highest BCUT2D eigenvalue weighted by molar-refractivity contribution is 9.10. The summed E-state index contributed by atoms with van der Waals surface area (Å²) in [5, 5.41) is 18.6. The Kier molecular flexibility index (Phi) is 3.32. The second-order valence-electron chi connectivity index (χ2n) is 4.54. The summed E-state index contributed by atoms with van der Waals surface area (Å²) in [6, 6.07) is 0. The molecule has 0 spiro atoms. The molecular formula is C10H17BrN4O. The first-order valence-electron chi connectivity index (χ1n) is 5.49. The molecule has 0 aliphatic carbocycles. The predicted molar refractivity (Wildman–Crippen MR) is 63.9 cm³/mol. The Hall–Kier alpha value is -0.460. The zero-order valence-electron chi connectivity index (χ0n) is 9.65. The van der Waals surface area contributed by atoms with E-state index in [1.165, 1.54) is 0 Å². The van der Waals surface area contributed by atoms with Crippen LogP contribution >= 0.6 is 15.9 Å². The van der Waals surface area contributed by atoms with Crippen molar-refractivity contribution in [1.29, 1.82) is 0 Å². The third kappa shape index (κ3) is 2.14. The summed E-state index contributed by atoms with van der Waals surface area (Å²) in [4.78, 5) is 2.25. The molecule has 1 saturated heterocycles. The SMILES string of the molecule is CN1CCCC(O)(c2c(Br)nnn2C)CC1. The van der Waals surface area contributed by atoms with Gasteiger partial charge in [-0.1, -0.05) is 5.21 Å². The number of rotatable bonds is 1. The van der Waals surface area contributed by atoms with Crippen molar-refractivity contribution in [3.63, 3.8) is 0 Å². The van der Waals surface area contributed by atoms with Crippen LogP contribution in [0.25, 0.3) is 0 Å². The lowest BCUT2D eigenvalue weighted by Crippen LogP contribution is -2.30. The van der Waals surface area contributed by atoms with Gasteiger partial charge in [-0.05, 0) is 48.8 Å². The van der Waals surface area contributed by atoms with E-state index in [9.17, 15) is 5.11 Å². The van der Waals surface area contributed by atoms with Crippen molar-refractivity contribution >= 4 is 15.9 Å². The van der Waals surface area contributed by atoms with Crippen molar-refractivity contribution in [1.82, 2.24) is 19.9 Å². The van der Waals surface area contributed by atoms with Gasteiger partial charge in [0.2, 0.25) is 0 Å². The molecule has 0 bridgehead atoms. The molecule has 1 aliphatic rings. The van der Waals surface area contributed by atoms with Gasteiger partial charge in [0.25, 0.3) is 0 Å². The molecule has 16 heavy (non-hydrogen) atoms. The van der Waals surface area contributed by atoms with Crippen molar-refractivity contribution in [3.05, 3.63) is 10.3 Å². The lowest BCUT2D eigenvalue weighted by Gasteiger charge is -2.26. The molecule has 2 rings (SSSR count). The molecule has 1 N–H and O–H groups in total. The first kappa shape index (κ1) is 12.0. The number of aromatic nitrogens is 3. The molecule has 0 saturated carbocycles. The fourth-order valence-corrected chi connectivity index (χ4v) is 3.01. The van der Waals surface area contributed by atoms with E-state index in [1.807, 2.05) is 7.05 Å². The maximum atomic E-state index is 10.7. The maximum absolute atomic E-state index is 10.7. The van der Waals surface area contributed by atoms with E-state index in [0.29, 0.717) is 4.60 Å². The number of likely N-dealkylation sites (tertiary alicyclic amines) is 1. The second-order valence-corrected chi connectivity index (χ2v) is 5.29. The quantitative estimate of drug-likeness (QED) is 0.834. The van der Waals surface area contributed by atoms with Crippen LogP contribution in [0.4, 0.5) is 0 Å². The van der Waals surface area contributed by atoms with Gasteiger partial charge in [0.1, 0.15) is 11.3 Å². The van der Waals surface area contributed by atoms with E-state index in [-0.39, 0.29) is 0 Å². The first-order valence-corrected chi connectivity index (χ1v) is 6.29. The Morgan fingerprint density at radius 3 is 2.69 bits per heavy atom. The average molecular weight is 289 g/mol. The summed E-state index contributed by atoms with van der Waals surface area (Å²) in [7, 11) is 3.90. The van der Waals surface area contributed by atoms with Gasteiger partial charge < -0.3 is 10.0 Å². The highest BCUT2D eigenvalue weighted by Crippen LogP contribution is 2.35. The Balaban J connectivity index is 2.30. The monoisotopic (exact) mass is 288 g/mol. The van der Waals surface area contributed by atoms with Crippen LogP contribution in [0.2, 0.25) is 0 Å². The van der Waals surface area contributed by atoms with Gasteiger partial charge in [-0.2, -0.15) is 0 Å². The molecule has 1 unspecified atom stereocenters. The summed E-state index contributed by atoms with van der Waals surface area (Å²) in [5.41, 5.74) is -0.00947. The average Bonchev–Trinajstić information content (AvgIpc) is 2.46. The van der Waals surface area contributed by atoms with Crippen LogP contribution < -0.4 is 0 Å². The lowest BCUT2D eigenvalue weighted by molar-refractivity contribution is 0.0132. The number of nitrogens with zero attached hydrogens (tertiary/aromatic N) is 4. The molecule has 0 aromatic carbocycles. The summed E-state index contributed by atoms with van der Waals surface area (Å²) in [6.07, 6.45) is 2.48. The lowest BCUT2D eigenvalue weighted by atomic mass is 9.91. The molecule has 90 valence electrons. The second kappa shape index (κ2) is 4.43. The van der Waals surface area contributed by atoms with Crippen molar-refractivity contribution in [2.45, 2.75) is 24.9 Å². The van der Waals surface area contributed by atoms with Crippen LogP contribution in [0.15, 0.2) is 4.60 Å². The third-order valence-corrected chi connectivity index (χ3v) is 3.80. The van der Waals surface area contributed by atoms with E-state index in [0.717, 1.165) is 38.0 Å². The molecular weight excluding hydrogens is 272 g/mol. The van der Waals surface area contributed by atoms with Gasteiger partial charge in [-0.15, -0.1) is 5.10 Å². The minimum Gasteiger partial charge on any atom is -0.383 e. The molecule has 1 fully saturated rings. The Labute approximate surface area is 104 Å². The third-order valence-electron chi connectivity index (χ3n) is 3.26. The number of halogens is 1. The van der Waals surface area contributed by atoms with E-state index in [4.69, 9.17) is 0 Å². The first-order chi connectivity index (χ1) is 7.53. The summed E-state index contributed by atoms with van der Waals surface area (Å²) in [6.45, 7) is 1.93. The number of aliphatic hydroxyl groups is 1. The minimum absolute atomic E-state index is 0.655. The number of hydrogen-bond donors (Lipinski definition) is 1. The summed E-state index contributed by atoms with van der Waals surface area (Å²) >= 11 is 3.36. The zero-order valence-corrected chi connectivity index (χ0v) is 11.2. The van der Waals surface area contributed by atoms with E-state index in [1.54, 1.807) is 4.68 Å². The Morgan fingerprint density at radius 1 is 1.31 bits per heavy atom. The standard InChI is InChI=1S/C10H17BrN4O/c1-14-6-3-4-10(16,5-7-14)8-9(11)12-13-15(8)2/h16H,3-7H2,1-2H3. The summed E-state index contributed by atoms with van der Waals surface area (Å²) in [5.74, 6) is 0. The van der Waals surface area contributed by atoms with Crippen LogP contribution in [-0.4, -0.2) is 45.1 Å². The van der Waals surface area contributed by atoms with Crippen LogP contribution in [0.1, 0.15) is 25.0 Å². The van der Waals surface area contributed by atoms with Gasteiger partial charge in [0, 0.05) is 13.6 Å². The Morgan fingerprint density at radius 2 is 2.06 bits per heavy atom. The fourth-order valence-electron chi connectivity index (χ4n) is 2.32. The van der Waals surface area contributed by atoms with Gasteiger partial charge in [-0.3, -0.25) is 0 Å². The molecule has 6 heteroatoms. The fraction of sp³-hybridized carbons (Fsp3) is 0.800. The Bertz CT molecular complexity index is 361. The molecule has 2 heterocycles. The van der Waals surface area contributed by atoms with Crippen LogP contribution in [0, 0.1) is 0 Å². The van der Waals surface area contributed by atoms with E-state index >= 15 is 0 Å². The van der Waals surface area contributed by atoms with E-state index < -0.39 is 5.60 Å². The maximum Gasteiger partial charge on any atom is 0.154 e. The minimum atomic E-state index is -0.804. The van der Waals surface area contributed by atoms with Crippen molar-refractivity contribution in [2.24, 2.45) is 7.05 Å². The zero-order chi connectivity index (χ0) is 11.8. The molecule has 0 amide bonds. The van der Waals surface area contributed by atoms with Gasteiger partial charge in [0.15, 0.2) is 4.60 Å². The molecule has 0 radical (unpaired) electrons. The van der Waals surface area contributed by atoms with Gasteiger partial charge in [0.05, 0.1) is 0 Å². The van der Waals surface area contributed by atoms with Gasteiger partial charge in [-0.25, -0.2) is 4.68 Å². The van der Waals surface area contributed by atoms with Gasteiger partial charge >= 0.3 is 0 Å². The summed E-state index contributed by atoms with van der Waals surface area (Å²) < 4.78 is 2.32. The predicted octanol–water partition coefficient (Wildman–Crippen LogP) is 0.881. The number of hydrogen-bond acceptors (Lipinski definition) is 4. The smallest absolute Gasteiger partial charge is 0.154 e. The highest BCUT2D eigenvalue weighted by Gasteiger charge is 2.36. The number of aryl methyl sites for hydroxylation is 1. The van der Waals surface area contributed by atoms with Crippen LogP contribution in [0.5, 0.6) is 0 Å². The largest absolute Gasteiger partial charge is 0.383 e. The van der Waals surface area contributed by atoms with Crippen molar-refractivity contribution in [2.75, 3.05) is 20.1 Å². The molecule has 1 aromatic rings. The molecule has 1 atom stereocenters. The normalized spacial score (nSPS) is 28.0. The van der Waals surface area contributed by atoms with Crippen LogP contribution in [-0.2, 0) is 12.6 Å².